The quantitative estimate of drug-likeness (QED) is 0.906. The van der Waals surface area contributed by atoms with Crippen LogP contribution < -0.4 is 4.74 Å². The summed E-state index contributed by atoms with van der Waals surface area (Å²) in [5.74, 6) is -0.227. The summed E-state index contributed by atoms with van der Waals surface area (Å²) in [4.78, 5) is 25.5. The minimum Gasteiger partial charge on any atom is -0.496 e. The van der Waals surface area contributed by atoms with Crippen molar-refractivity contribution >= 4 is 11.9 Å². The van der Waals surface area contributed by atoms with Crippen molar-refractivity contribution in [1.29, 1.82) is 0 Å². The predicted octanol–water partition coefficient (Wildman–Crippen LogP) is 2.76. The molecule has 1 aromatic rings. The molecule has 3 atom stereocenters. The molecule has 1 fully saturated rings. The third-order valence-corrected chi connectivity index (χ3v) is 4.51. The van der Waals surface area contributed by atoms with Gasteiger partial charge in [0.1, 0.15) is 5.75 Å². The van der Waals surface area contributed by atoms with Crippen LogP contribution in [0.15, 0.2) is 24.3 Å². The summed E-state index contributed by atoms with van der Waals surface area (Å²) >= 11 is 0. The van der Waals surface area contributed by atoms with Crippen molar-refractivity contribution in [1.82, 2.24) is 4.90 Å². The molecule has 0 bridgehead atoms. The van der Waals surface area contributed by atoms with Gasteiger partial charge in [-0.3, -0.25) is 9.59 Å². The van der Waals surface area contributed by atoms with Gasteiger partial charge in [0.25, 0.3) is 0 Å². The maximum absolute atomic E-state index is 12.6. The van der Waals surface area contributed by atoms with Gasteiger partial charge in [-0.1, -0.05) is 32.0 Å². The van der Waals surface area contributed by atoms with Crippen LogP contribution >= 0.6 is 0 Å². The molecule has 3 unspecified atom stereocenters. The number of carboxylic acids is 1. The van der Waals surface area contributed by atoms with E-state index in [0.717, 1.165) is 11.3 Å². The van der Waals surface area contributed by atoms with Crippen LogP contribution in [0.1, 0.15) is 38.2 Å². The molecule has 126 valence electrons. The van der Waals surface area contributed by atoms with Crippen molar-refractivity contribution < 1.29 is 19.4 Å². The maximum atomic E-state index is 12.6. The molecule has 1 N–H and O–H groups in total. The van der Waals surface area contributed by atoms with Crippen LogP contribution in [-0.2, 0) is 9.59 Å². The first-order chi connectivity index (χ1) is 10.9. The Balaban J connectivity index is 2.04. The molecule has 1 saturated heterocycles. The Morgan fingerprint density at radius 3 is 2.70 bits per heavy atom. The van der Waals surface area contributed by atoms with Crippen molar-refractivity contribution in [2.24, 2.45) is 11.8 Å². The first kappa shape index (κ1) is 17.3. The number of amides is 1. The molecular formula is C18H25NO4. The Labute approximate surface area is 137 Å². The first-order valence-electron chi connectivity index (χ1n) is 8.05. The Bertz CT molecular complexity index is 572. The zero-order valence-electron chi connectivity index (χ0n) is 14.0. The number of carbonyl (C=O) groups excluding carboxylic acids is 1. The van der Waals surface area contributed by atoms with Crippen LogP contribution in [0.25, 0.3) is 0 Å². The first-order valence-corrected chi connectivity index (χ1v) is 8.05. The number of para-hydroxylation sites is 1. The summed E-state index contributed by atoms with van der Waals surface area (Å²) in [7, 11) is 1.62. The molecule has 5 heteroatoms. The van der Waals surface area contributed by atoms with E-state index in [1.165, 1.54) is 0 Å². The number of likely N-dealkylation sites (tertiary alicyclic amines) is 1. The Morgan fingerprint density at radius 2 is 2.04 bits per heavy atom. The summed E-state index contributed by atoms with van der Waals surface area (Å²) in [6.07, 6.45) is 1.00. The van der Waals surface area contributed by atoms with Crippen LogP contribution in [0.2, 0.25) is 0 Å². The standard InChI is InChI=1S/C18H25NO4/c1-12-8-14(18(21)22)11-19(10-12)17(20)9-13(2)15-6-4-5-7-16(15)23-3/h4-7,12-14H,8-11H2,1-3H3,(H,21,22). The number of ether oxygens (including phenoxy) is 1. The predicted molar refractivity (Wildman–Crippen MR) is 87.5 cm³/mol. The molecule has 1 amide bonds. The number of hydrogen-bond acceptors (Lipinski definition) is 3. The summed E-state index contributed by atoms with van der Waals surface area (Å²) < 4.78 is 5.36. The van der Waals surface area contributed by atoms with E-state index in [1.807, 2.05) is 38.1 Å². The van der Waals surface area contributed by atoms with E-state index < -0.39 is 11.9 Å². The van der Waals surface area contributed by atoms with E-state index in [9.17, 15) is 14.7 Å². The van der Waals surface area contributed by atoms with Gasteiger partial charge < -0.3 is 14.7 Å². The van der Waals surface area contributed by atoms with Crippen LogP contribution in [0.5, 0.6) is 5.75 Å². The van der Waals surface area contributed by atoms with E-state index in [1.54, 1.807) is 12.0 Å². The second kappa shape index (κ2) is 7.49. The minimum atomic E-state index is -0.813. The highest BCUT2D eigenvalue weighted by Gasteiger charge is 2.32. The largest absolute Gasteiger partial charge is 0.496 e. The Morgan fingerprint density at radius 1 is 1.35 bits per heavy atom. The van der Waals surface area contributed by atoms with Crippen LogP contribution in [0, 0.1) is 11.8 Å². The number of aliphatic carboxylic acids is 1. The van der Waals surface area contributed by atoms with Crippen molar-refractivity contribution in [2.75, 3.05) is 20.2 Å². The third-order valence-electron chi connectivity index (χ3n) is 4.51. The maximum Gasteiger partial charge on any atom is 0.308 e. The molecule has 1 aliphatic heterocycles. The molecule has 1 aliphatic rings. The molecule has 23 heavy (non-hydrogen) atoms. The highest BCUT2D eigenvalue weighted by Crippen LogP contribution is 2.30. The zero-order valence-corrected chi connectivity index (χ0v) is 14.0. The second-order valence-corrected chi connectivity index (χ2v) is 6.52. The molecule has 2 rings (SSSR count). The highest BCUT2D eigenvalue weighted by atomic mass is 16.5. The molecule has 0 aliphatic carbocycles. The zero-order chi connectivity index (χ0) is 17.0. The lowest BCUT2D eigenvalue weighted by molar-refractivity contribution is -0.147. The molecule has 0 saturated carbocycles. The number of benzene rings is 1. The van der Waals surface area contributed by atoms with Gasteiger partial charge >= 0.3 is 5.97 Å². The van der Waals surface area contributed by atoms with Crippen molar-refractivity contribution in [3.63, 3.8) is 0 Å². The average molecular weight is 319 g/mol. The third kappa shape index (κ3) is 4.24. The number of methoxy groups -OCH3 is 1. The minimum absolute atomic E-state index is 0.0150. The number of piperidine rings is 1. The molecule has 5 nitrogen and oxygen atoms in total. The lowest BCUT2D eigenvalue weighted by Crippen LogP contribution is -2.45. The Kier molecular flexibility index (Phi) is 5.64. The molecule has 0 spiro atoms. The van der Waals surface area contributed by atoms with Crippen molar-refractivity contribution in [3.8, 4) is 5.75 Å². The van der Waals surface area contributed by atoms with Gasteiger partial charge in [-0.15, -0.1) is 0 Å². The van der Waals surface area contributed by atoms with Gasteiger partial charge in [0, 0.05) is 19.5 Å². The number of carboxylic acid groups (broad SMARTS) is 1. The van der Waals surface area contributed by atoms with E-state index in [2.05, 4.69) is 0 Å². The van der Waals surface area contributed by atoms with Gasteiger partial charge in [-0.2, -0.15) is 0 Å². The molecular weight excluding hydrogens is 294 g/mol. The fraction of sp³-hybridized carbons (Fsp3) is 0.556. The number of nitrogens with zero attached hydrogens (tertiary/aromatic N) is 1. The fourth-order valence-corrected chi connectivity index (χ4v) is 3.31. The average Bonchev–Trinajstić information content (AvgIpc) is 2.53. The monoisotopic (exact) mass is 319 g/mol. The lowest BCUT2D eigenvalue weighted by Gasteiger charge is -2.35. The summed E-state index contributed by atoms with van der Waals surface area (Å²) in [6, 6.07) is 7.69. The van der Waals surface area contributed by atoms with Crippen molar-refractivity contribution in [3.05, 3.63) is 29.8 Å². The van der Waals surface area contributed by atoms with E-state index >= 15 is 0 Å². The fourth-order valence-electron chi connectivity index (χ4n) is 3.31. The molecule has 0 radical (unpaired) electrons. The molecule has 1 heterocycles. The van der Waals surface area contributed by atoms with Gasteiger partial charge in [0.15, 0.2) is 0 Å². The van der Waals surface area contributed by atoms with Gasteiger partial charge in [0.2, 0.25) is 5.91 Å². The van der Waals surface area contributed by atoms with Crippen LogP contribution in [0.4, 0.5) is 0 Å². The number of carbonyl (C=O) groups is 2. The SMILES string of the molecule is COc1ccccc1C(C)CC(=O)N1CC(C)CC(C(=O)O)C1. The summed E-state index contributed by atoms with van der Waals surface area (Å²) in [5, 5.41) is 9.23. The molecule has 1 aromatic carbocycles. The van der Waals surface area contributed by atoms with E-state index in [0.29, 0.717) is 25.9 Å². The van der Waals surface area contributed by atoms with E-state index in [-0.39, 0.29) is 17.7 Å². The second-order valence-electron chi connectivity index (χ2n) is 6.52. The van der Waals surface area contributed by atoms with E-state index in [4.69, 9.17) is 4.74 Å². The molecule has 0 aromatic heterocycles. The number of hydrogen-bond donors (Lipinski definition) is 1. The Hall–Kier alpha value is -2.04. The van der Waals surface area contributed by atoms with Gasteiger partial charge in [0.05, 0.1) is 13.0 Å². The summed E-state index contributed by atoms with van der Waals surface area (Å²) in [6.45, 7) is 4.95. The van der Waals surface area contributed by atoms with Gasteiger partial charge in [-0.05, 0) is 29.9 Å². The smallest absolute Gasteiger partial charge is 0.308 e. The van der Waals surface area contributed by atoms with Gasteiger partial charge in [-0.25, -0.2) is 0 Å². The normalized spacial score (nSPS) is 22.5. The van der Waals surface area contributed by atoms with Crippen LogP contribution in [-0.4, -0.2) is 42.1 Å². The highest BCUT2D eigenvalue weighted by molar-refractivity contribution is 5.79. The lowest BCUT2D eigenvalue weighted by atomic mass is 9.89. The number of rotatable bonds is 5. The van der Waals surface area contributed by atoms with Crippen LogP contribution in [0.3, 0.4) is 0 Å². The summed E-state index contributed by atoms with van der Waals surface area (Å²) in [5.41, 5.74) is 1.00. The van der Waals surface area contributed by atoms with Crippen molar-refractivity contribution in [2.45, 2.75) is 32.6 Å². The topological polar surface area (TPSA) is 66.8 Å².